The SMILES string of the molecule is CCOC(=O)c1c(-c2ccccc2)oc2c1cc(OC(=O)c1ccccc1[N+](=O)[O-])c1ccccc12. The fourth-order valence-corrected chi connectivity index (χ4v) is 4.13. The molecule has 0 bridgehead atoms. The molecule has 1 heterocycles. The Bertz CT molecular complexity index is 1640. The van der Waals surface area contributed by atoms with Crippen LogP contribution in [0.5, 0.6) is 5.75 Å². The lowest BCUT2D eigenvalue weighted by molar-refractivity contribution is -0.385. The highest BCUT2D eigenvalue weighted by atomic mass is 16.6. The predicted molar refractivity (Wildman–Crippen MR) is 133 cm³/mol. The van der Waals surface area contributed by atoms with E-state index in [1.165, 1.54) is 30.3 Å². The normalized spacial score (nSPS) is 10.9. The Morgan fingerprint density at radius 2 is 1.53 bits per heavy atom. The largest absolute Gasteiger partial charge is 0.462 e. The molecule has 0 atom stereocenters. The first kappa shape index (κ1) is 22.8. The Morgan fingerprint density at radius 1 is 0.861 bits per heavy atom. The summed E-state index contributed by atoms with van der Waals surface area (Å²) < 4.78 is 17.2. The van der Waals surface area contributed by atoms with E-state index < -0.39 is 16.9 Å². The molecule has 5 rings (SSSR count). The zero-order valence-corrected chi connectivity index (χ0v) is 19.1. The van der Waals surface area contributed by atoms with Gasteiger partial charge >= 0.3 is 11.9 Å². The number of hydrogen-bond acceptors (Lipinski definition) is 7. The molecule has 0 amide bonds. The second kappa shape index (κ2) is 9.34. The number of para-hydroxylation sites is 1. The van der Waals surface area contributed by atoms with Crippen molar-refractivity contribution in [1.82, 2.24) is 0 Å². The smallest absolute Gasteiger partial charge is 0.350 e. The van der Waals surface area contributed by atoms with Crippen molar-refractivity contribution in [2.24, 2.45) is 0 Å². The molecular formula is C28H19NO7. The topological polar surface area (TPSA) is 109 Å². The third kappa shape index (κ3) is 3.94. The maximum Gasteiger partial charge on any atom is 0.350 e. The third-order valence-electron chi connectivity index (χ3n) is 5.70. The van der Waals surface area contributed by atoms with E-state index in [4.69, 9.17) is 13.9 Å². The zero-order valence-electron chi connectivity index (χ0n) is 19.1. The summed E-state index contributed by atoms with van der Waals surface area (Å²) in [6, 6.07) is 23.3. The van der Waals surface area contributed by atoms with Crippen molar-refractivity contribution in [3.8, 4) is 17.1 Å². The van der Waals surface area contributed by atoms with Crippen molar-refractivity contribution in [2.45, 2.75) is 6.92 Å². The van der Waals surface area contributed by atoms with Crippen molar-refractivity contribution in [3.63, 3.8) is 0 Å². The molecule has 5 aromatic rings. The number of nitro groups is 1. The van der Waals surface area contributed by atoms with Crippen molar-refractivity contribution in [3.05, 3.63) is 106 Å². The molecule has 8 heteroatoms. The van der Waals surface area contributed by atoms with Gasteiger partial charge in [-0.25, -0.2) is 9.59 Å². The van der Waals surface area contributed by atoms with Gasteiger partial charge in [-0.05, 0) is 19.1 Å². The van der Waals surface area contributed by atoms with Gasteiger partial charge in [0.05, 0.1) is 11.5 Å². The van der Waals surface area contributed by atoms with E-state index in [1.54, 1.807) is 31.2 Å². The lowest BCUT2D eigenvalue weighted by atomic mass is 10.0. The number of nitrogens with zero attached hydrogens (tertiary/aromatic N) is 1. The zero-order chi connectivity index (χ0) is 25.2. The average molecular weight is 481 g/mol. The Morgan fingerprint density at radius 3 is 2.25 bits per heavy atom. The van der Waals surface area contributed by atoms with Crippen LogP contribution < -0.4 is 4.74 Å². The predicted octanol–water partition coefficient (Wildman–Crippen LogP) is 6.56. The van der Waals surface area contributed by atoms with Gasteiger partial charge in [-0.1, -0.05) is 66.7 Å². The lowest BCUT2D eigenvalue weighted by Crippen LogP contribution is -2.11. The number of carbonyl (C=O) groups excluding carboxylic acids is 2. The van der Waals surface area contributed by atoms with Crippen LogP contribution >= 0.6 is 0 Å². The van der Waals surface area contributed by atoms with Gasteiger partial charge in [-0.2, -0.15) is 0 Å². The summed E-state index contributed by atoms with van der Waals surface area (Å²) in [7, 11) is 0. The van der Waals surface area contributed by atoms with E-state index in [0.29, 0.717) is 33.1 Å². The summed E-state index contributed by atoms with van der Waals surface area (Å²) in [6.07, 6.45) is 0. The number of ether oxygens (including phenoxy) is 2. The molecule has 0 radical (unpaired) electrons. The van der Waals surface area contributed by atoms with Gasteiger partial charge in [0.1, 0.15) is 28.2 Å². The first-order valence-corrected chi connectivity index (χ1v) is 11.2. The standard InChI is InChI=1S/C28H19NO7/c1-2-34-28(31)24-21-16-23(35-27(30)20-14-8-9-15-22(20)29(32)33)18-12-6-7-13-19(18)26(21)36-25(24)17-10-4-3-5-11-17/h3-16H,2H2,1H3. The molecule has 0 aliphatic carbocycles. The molecule has 0 fully saturated rings. The molecule has 4 aromatic carbocycles. The fraction of sp³-hybridized carbons (Fsp3) is 0.0714. The molecule has 0 saturated carbocycles. The van der Waals surface area contributed by atoms with E-state index in [1.807, 2.05) is 30.3 Å². The van der Waals surface area contributed by atoms with Crippen LogP contribution in [0.1, 0.15) is 27.6 Å². The molecule has 8 nitrogen and oxygen atoms in total. The average Bonchev–Trinajstić information content (AvgIpc) is 3.29. The monoisotopic (exact) mass is 481 g/mol. The Balaban J connectivity index is 1.74. The molecule has 0 aliphatic rings. The maximum absolute atomic E-state index is 13.1. The molecule has 0 N–H and O–H groups in total. The molecule has 0 aliphatic heterocycles. The fourth-order valence-electron chi connectivity index (χ4n) is 4.13. The van der Waals surface area contributed by atoms with Crippen molar-refractivity contribution < 1.29 is 28.4 Å². The Kier molecular flexibility index (Phi) is 5.92. The van der Waals surface area contributed by atoms with Gasteiger partial charge in [-0.3, -0.25) is 10.1 Å². The van der Waals surface area contributed by atoms with E-state index in [-0.39, 0.29) is 29.2 Å². The quantitative estimate of drug-likeness (QED) is 0.117. The molecule has 0 saturated heterocycles. The summed E-state index contributed by atoms with van der Waals surface area (Å²) >= 11 is 0. The lowest BCUT2D eigenvalue weighted by Gasteiger charge is -2.09. The van der Waals surface area contributed by atoms with Crippen LogP contribution in [0.2, 0.25) is 0 Å². The van der Waals surface area contributed by atoms with Crippen LogP contribution in [0.4, 0.5) is 5.69 Å². The number of rotatable bonds is 6. The van der Waals surface area contributed by atoms with Gasteiger partial charge in [0.15, 0.2) is 0 Å². The Labute approximate surface area is 204 Å². The highest BCUT2D eigenvalue weighted by Gasteiger charge is 2.27. The van der Waals surface area contributed by atoms with E-state index in [2.05, 4.69) is 0 Å². The summed E-state index contributed by atoms with van der Waals surface area (Å²) in [5.74, 6) is -1.01. The van der Waals surface area contributed by atoms with E-state index in [0.717, 1.165) is 0 Å². The van der Waals surface area contributed by atoms with Crippen molar-refractivity contribution in [1.29, 1.82) is 0 Å². The molecular weight excluding hydrogens is 462 g/mol. The molecule has 36 heavy (non-hydrogen) atoms. The number of benzene rings is 4. The maximum atomic E-state index is 13.1. The van der Waals surface area contributed by atoms with Crippen LogP contribution in [-0.4, -0.2) is 23.5 Å². The summed E-state index contributed by atoms with van der Waals surface area (Å²) in [6.45, 7) is 1.87. The first-order chi connectivity index (χ1) is 17.5. The Hall–Kier alpha value is -4.98. The van der Waals surface area contributed by atoms with Crippen molar-refractivity contribution >= 4 is 39.4 Å². The highest BCUT2D eigenvalue weighted by molar-refractivity contribution is 6.17. The van der Waals surface area contributed by atoms with E-state index in [9.17, 15) is 19.7 Å². The minimum absolute atomic E-state index is 0.132. The van der Waals surface area contributed by atoms with Crippen LogP contribution in [0.25, 0.3) is 33.1 Å². The van der Waals surface area contributed by atoms with Gasteiger partial charge in [0.25, 0.3) is 5.69 Å². The van der Waals surface area contributed by atoms with Crippen LogP contribution in [0, 0.1) is 10.1 Å². The number of fused-ring (bicyclic) bond motifs is 3. The minimum atomic E-state index is -0.892. The number of hydrogen-bond donors (Lipinski definition) is 0. The van der Waals surface area contributed by atoms with Crippen molar-refractivity contribution in [2.75, 3.05) is 6.61 Å². The van der Waals surface area contributed by atoms with Crippen LogP contribution in [-0.2, 0) is 4.74 Å². The molecule has 0 unspecified atom stereocenters. The van der Waals surface area contributed by atoms with Crippen LogP contribution in [0.15, 0.2) is 89.3 Å². The number of nitro benzene ring substituents is 1. The van der Waals surface area contributed by atoms with E-state index >= 15 is 0 Å². The number of furan rings is 1. The summed E-state index contributed by atoms with van der Waals surface area (Å²) in [5, 5.41) is 13.0. The number of carbonyl (C=O) groups is 2. The minimum Gasteiger partial charge on any atom is -0.462 e. The number of esters is 2. The molecule has 1 aromatic heterocycles. The second-order valence-electron chi connectivity index (χ2n) is 7.85. The van der Waals surface area contributed by atoms with Crippen LogP contribution in [0.3, 0.4) is 0 Å². The van der Waals surface area contributed by atoms with Gasteiger partial charge in [-0.15, -0.1) is 0 Å². The van der Waals surface area contributed by atoms with Gasteiger partial charge in [0.2, 0.25) is 0 Å². The highest BCUT2D eigenvalue weighted by Crippen LogP contribution is 2.41. The summed E-state index contributed by atoms with van der Waals surface area (Å²) in [4.78, 5) is 36.9. The molecule has 178 valence electrons. The second-order valence-corrected chi connectivity index (χ2v) is 7.85. The summed E-state index contributed by atoms with van der Waals surface area (Å²) in [5.41, 5.74) is 0.758. The first-order valence-electron chi connectivity index (χ1n) is 11.2. The van der Waals surface area contributed by atoms with Gasteiger partial charge in [0, 0.05) is 27.8 Å². The molecule has 0 spiro atoms. The third-order valence-corrected chi connectivity index (χ3v) is 5.70. The van der Waals surface area contributed by atoms with Gasteiger partial charge < -0.3 is 13.9 Å².